The fourth-order valence-electron chi connectivity index (χ4n) is 2.95. The number of rotatable bonds is 3. The van der Waals surface area contributed by atoms with Crippen molar-refractivity contribution in [1.29, 1.82) is 0 Å². The van der Waals surface area contributed by atoms with Crippen LogP contribution in [0.25, 0.3) is 10.8 Å². The zero-order valence-electron chi connectivity index (χ0n) is 12.6. The Morgan fingerprint density at radius 2 is 1.86 bits per heavy atom. The minimum atomic E-state index is 0.127. The Labute approximate surface area is 125 Å². The largest absolute Gasteiger partial charge is 0.378 e. The summed E-state index contributed by atoms with van der Waals surface area (Å²) in [5.74, 6) is 0.299. The van der Waals surface area contributed by atoms with Crippen LogP contribution in [0.5, 0.6) is 0 Å². The van der Waals surface area contributed by atoms with E-state index < -0.39 is 0 Å². The van der Waals surface area contributed by atoms with Gasteiger partial charge in [0.05, 0.1) is 0 Å². The summed E-state index contributed by atoms with van der Waals surface area (Å²) in [7, 11) is 4.07. The molecule has 0 heterocycles. The molecule has 0 radical (unpaired) electrons. The van der Waals surface area contributed by atoms with Crippen LogP contribution in [0.15, 0.2) is 60.3 Å². The molecule has 0 saturated heterocycles. The molecule has 1 atom stereocenters. The third-order valence-corrected chi connectivity index (χ3v) is 4.01. The number of Topliss-reactive ketones (excluding diaryl/α,β-unsaturated/α-hetero) is 1. The summed E-state index contributed by atoms with van der Waals surface area (Å²) in [4.78, 5) is 14.3. The van der Waals surface area contributed by atoms with Crippen LogP contribution in [-0.2, 0) is 0 Å². The molecular formula is C19H19NO. The van der Waals surface area contributed by atoms with Crippen molar-refractivity contribution in [2.24, 2.45) is 0 Å². The number of fused-ring (bicyclic) bond motifs is 1. The Hall–Kier alpha value is -2.35. The topological polar surface area (TPSA) is 20.3 Å². The van der Waals surface area contributed by atoms with Gasteiger partial charge < -0.3 is 4.90 Å². The van der Waals surface area contributed by atoms with Crippen LogP contribution in [-0.4, -0.2) is 24.8 Å². The fourth-order valence-corrected chi connectivity index (χ4v) is 2.95. The fraction of sp³-hybridized carbons (Fsp3) is 0.211. The van der Waals surface area contributed by atoms with Crippen molar-refractivity contribution in [3.05, 3.63) is 71.5 Å². The molecule has 21 heavy (non-hydrogen) atoms. The number of nitrogens with zero attached hydrogens (tertiary/aromatic N) is 1. The van der Waals surface area contributed by atoms with Crippen molar-refractivity contribution in [1.82, 2.24) is 4.90 Å². The van der Waals surface area contributed by atoms with E-state index in [4.69, 9.17) is 0 Å². The van der Waals surface area contributed by atoms with Crippen molar-refractivity contribution in [2.45, 2.75) is 12.8 Å². The number of likely N-dealkylation sites (N-methyl/N-ethyl adjacent to an activating group) is 1. The lowest BCUT2D eigenvalue weighted by molar-refractivity contribution is 0.101. The zero-order valence-corrected chi connectivity index (χ0v) is 12.6. The average molecular weight is 277 g/mol. The standard InChI is InChI=1S/C19H19NO/c1-13(21)19-17-7-5-4-6-14(17)9-11-18(19)15-8-10-16(12-15)20(2)3/h4-12,15H,1-3H3. The summed E-state index contributed by atoms with van der Waals surface area (Å²) in [6.07, 6.45) is 6.48. The Morgan fingerprint density at radius 3 is 2.52 bits per heavy atom. The van der Waals surface area contributed by atoms with Crippen molar-refractivity contribution < 1.29 is 4.79 Å². The van der Waals surface area contributed by atoms with Crippen LogP contribution in [0.3, 0.4) is 0 Å². The van der Waals surface area contributed by atoms with Crippen LogP contribution in [0.4, 0.5) is 0 Å². The van der Waals surface area contributed by atoms with E-state index in [0.717, 1.165) is 21.9 Å². The minimum absolute atomic E-state index is 0.127. The van der Waals surface area contributed by atoms with Crippen LogP contribution in [0, 0.1) is 0 Å². The molecule has 0 fully saturated rings. The maximum Gasteiger partial charge on any atom is 0.160 e. The van der Waals surface area contributed by atoms with Gasteiger partial charge in [0.15, 0.2) is 5.78 Å². The molecule has 2 aromatic carbocycles. The van der Waals surface area contributed by atoms with Gasteiger partial charge >= 0.3 is 0 Å². The first-order chi connectivity index (χ1) is 10.1. The molecule has 0 aliphatic heterocycles. The van der Waals surface area contributed by atoms with Gasteiger partial charge in [-0.2, -0.15) is 0 Å². The molecule has 0 amide bonds. The number of hydrogen-bond donors (Lipinski definition) is 0. The highest BCUT2D eigenvalue weighted by Gasteiger charge is 2.19. The monoisotopic (exact) mass is 277 g/mol. The highest BCUT2D eigenvalue weighted by atomic mass is 16.1. The predicted molar refractivity (Wildman–Crippen MR) is 87.6 cm³/mol. The molecule has 0 saturated carbocycles. The van der Waals surface area contributed by atoms with E-state index in [2.05, 4.69) is 41.3 Å². The van der Waals surface area contributed by atoms with Crippen molar-refractivity contribution >= 4 is 16.6 Å². The second kappa shape index (κ2) is 5.21. The maximum absolute atomic E-state index is 12.2. The molecule has 106 valence electrons. The summed E-state index contributed by atoms with van der Waals surface area (Å²) >= 11 is 0. The number of benzene rings is 2. The molecule has 1 unspecified atom stereocenters. The number of allylic oxidation sites excluding steroid dienone is 3. The molecule has 0 aromatic heterocycles. The molecule has 1 aliphatic carbocycles. The molecule has 0 bridgehead atoms. The van der Waals surface area contributed by atoms with Crippen molar-refractivity contribution in [2.75, 3.05) is 14.1 Å². The lowest BCUT2D eigenvalue weighted by atomic mass is 9.89. The Morgan fingerprint density at radius 1 is 1.10 bits per heavy atom. The normalized spacial score (nSPS) is 17.1. The number of ketones is 1. The number of carbonyl (C=O) groups is 1. The zero-order chi connectivity index (χ0) is 15.0. The van der Waals surface area contributed by atoms with Crippen LogP contribution in [0.2, 0.25) is 0 Å². The van der Waals surface area contributed by atoms with E-state index in [0.29, 0.717) is 0 Å². The van der Waals surface area contributed by atoms with E-state index in [9.17, 15) is 4.79 Å². The number of carbonyl (C=O) groups excluding carboxylic acids is 1. The summed E-state index contributed by atoms with van der Waals surface area (Å²) in [6, 6.07) is 12.3. The van der Waals surface area contributed by atoms with E-state index >= 15 is 0 Å². The molecule has 0 spiro atoms. The van der Waals surface area contributed by atoms with E-state index in [1.165, 1.54) is 5.70 Å². The van der Waals surface area contributed by atoms with Crippen molar-refractivity contribution in [3.63, 3.8) is 0 Å². The summed E-state index contributed by atoms with van der Waals surface area (Å²) in [6.45, 7) is 1.65. The highest BCUT2D eigenvalue weighted by Crippen LogP contribution is 2.33. The van der Waals surface area contributed by atoms with Gasteiger partial charge in [-0.1, -0.05) is 42.5 Å². The summed E-state index contributed by atoms with van der Waals surface area (Å²) in [5, 5.41) is 2.16. The van der Waals surface area contributed by atoms with Gasteiger partial charge in [-0.15, -0.1) is 0 Å². The molecule has 1 aliphatic rings. The molecule has 2 heteroatoms. The van der Waals surface area contributed by atoms with Gasteiger partial charge in [0.1, 0.15) is 0 Å². The summed E-state index contributed by atoms with van der Waals surface area (Å²) < 4.78 is 0. The molecule has 0 N–H and O–H groups in total. The predicted octanol–water partition coefficient (Wildman–Crippen LogP) is 4.14. The quantitative estimate of drug-likeness (QED) is 0.786. The first-order valence-electron chi connectivity index (χ1n) is 7.18. The van der Waals surface area contributed by atoms with Crippen LogP contribution in [0.1, 0.15) is 28.8 Å². The van der Waals surface area contributed by atoms with Gasteiger partial charge in [0.25, 0.3) is 0 Å². The Kier molecular flexibility index (Phi) is 3.38. The van der Waals surface area contributed by atoms with E-state index in [-0.39, 0.29) is 11.7 Å². The third-order valence-electron chi connectivity index (χ3n) is 4.01. The smallest absolute Gasteiger partial charge is 0.160 e. The van der Waals surface area contributed by atoms with Crippen molar-refractivity contribution in [3.8, 4) is 0 Å². The SMILES string of the molecule is CC(=O)c1c(C2C=CC(N(C)C)=C2)ccc2ccccc12. The first kappa shape index (κ1) is 13.6. The summed E-state index contributed by atoms with van der Waals surface area (Å²) in [5.41, 5.74) is 3.12. The Balaban J connectivity index is 2.18. The van der Waals surface area contributed by atoms with Crippen LogP contribution < -0.4 is 0 Å². The number of hydrogen-bond acceptors (Lipinski definition) is 2. The first-order valence-corrected chi connectivity index (χ1v) is 7.18. The second-order valence-corrected chi connectivity index (χ2v) is 5.68. The van der Waals surface area contributed by atoms with E-state index in [1.54, 1.807) is 6.92 Å². The highest BCUT2D eigenvalue weighted by molar-refractivity contribution is 6.08. The van der Waals surface area contributed by atoms with Gasteiger partial charge in [-0.25, -0.2) is 0 Å². The molecular weight excluding hydrogens is 258 g/mol. The lowest BCUT2D eigenvalue weighted by Crippen LogP contribution is -2.08. The molecule has 2 aromatic rings. The van der Waals surface area contributed by atoms with Gasteiger partial charge in [0.2, 0.25) is 0 Å². The average Bonchev–Trinajstić information content (AvgIpc) is 2.95. The third kappa shape index (κ3) is 2.38. The second-order valence-electron chi connectivity index (χ2n) is 5.68. The Bertz CT molecular complexity index is 768. The van der Waals surface area contributed by atoms with Gasteiger partial charge in [-0.05, 0) is 35.4 Å². The van der Waals surface area contributed by atoms with E-state index in [1.807, 2.05) is 32.3 Å². The van der Waals surface area contributed by atoms with Gasteiger partial charge in [0, 0.05) is 31.3 Å². The molecule has 2 nitrogen and oxygen atoms in total. The lowest BCUT2D eigenvalue weighted by Gasteiger charge is -2.15. The van der Waals surface area contributed by atoms with Crippen LogP contribution >= 0.6 is 0 Å². The molecule has 3 rings (SSSR count). The minimum Gasteiger partial charge on any atom is -0.378 e. The maximum atomic E-state index is 12.2. The van der Waals surface area contributed by atoms with Gasteiger partial charge in [-0.3, -0.25) is 4.79 Å².